The molecule has 0 aliphatic rings. The third-order valence-corrected chi connectivity index (χ3v) is 1.99. The minimum Gasteiger partial charge on any atom is -0.300 e. The van der Waals surface area contributed by atoms with Gasteiger partial charge in [-0.05, 0) is 55.4 Å². The first-order chi connectivity index (χ1) is 12.5. The van der Waals surface area contributed by atoms with Gasteiger partial charge in [-0.15, -0.1) is 0 Å². The predicted molar refractivity (Wildman–Crippen MR) is 104 cm³/mol. The SMILES string of the molecule is CC(=O)CC(C)=O.CC(=O)CC(C)=O.CC(=O)CC(C)=O.CC(=O)CC(C)=O.[Ti]. The van der Waals surface area contributed by atoms with Crippen molar-refractivity contribution in [2.24, 2.45) is 0 Å². The maximum Gasteiger partial charge on any atom is 0.137 e. The van der Waals surface area contributed by atoms with Crippen LogP contribution in [0.3, 0.4) is 0 Å². The molecule has 0 fully saturated rings. The normalized spacial score (nSPS) is 8.00. The molecule has 0 heterocycles. The van der Waals surface area contributed by atoms with E-state index in [-0.39, 0.29) is 93.7 Å². The molecule has 164 valence electrons. The molecule has 0 bridgehead atoms. The van der Waals surface area contributed by atoms with Crippen LogP contribution in [0.2, 0.25) is 0 Å². The molecule has 0 aliphatic heterocycles. The molecule has 0 aromatic rings. The number of ketones is 8. The maximum atomic E-state index is 10.0. The Bertz CT molecular complexity index is 439. The summed E-state index contributed by atoms with van der Waals surface area (Å²) in [5.41, 5.74) is 0. The topological polar surface area (TPSA) is 137 Å². The van der Waals surface area contributed by atoms with Crippen molar-refractivity contribution in [2.75, 3.05) is 0 Å². The average molecular weight is 448 g/mol. The molecule has 0 aliphatic carbocycles. The van der Waals surface area contributed by atoms with Gasteiger partial charge in [0, 0.05) is 21.7 Å². The molecule has 0 saturated heterocycles. The van der Waals surface area contributed by atoms with Crippen LogP contribution in [0.25, 0.3) is 0 Å². The van der Waals surface area contributed by atoms with Gasteiger partial charge in [0.15, 0.2) is 0 Å². The monoisotopic (exact) mass is 448 g/mol. The van der Waals surface area contributed by atoms with E-state index < -0.39 is 0 Å². The standard InChI is InChI=1S/4C5H8O2.Ti/c4*1-4(6)3-5(2)7;/h4*3H2,1-2H3;. The van der Waals surface area contributed by atoms with Crippen LogP contribution in [-0.4, -0.2) is 46.3 Å². The van der Waals surface area contributed by atoms with Gasteiger partial charge in [-0.25, -0.2) is 0 Å². The van der Waals surface area contributed by atoms with Crippen LogP contribution in [0.1, 0.15) is 81.1 Å². The number of Topliss-reactive ketones (excluding diaryl/α,β-unsaturated/α-hetero) is 8. The summed E-state index contributed by atoms with van der Waals surface area (Å²) in [4.78, 5) is 80.3. The largest absolute Gasteiger partial charge is 0.300 e. The maximum absolute atomic E-state index is 10.0. The van der Waals surface area contributed by atoms with Crippen molar-refractivity contribution in [3.8, 4) is 0 Å². The second-order valence-corrected chi connectivity index (χ2v) is 6.32. The summed E-state index contributed by atoms with van der Waals surface area (Å²) < 4.78 is 0. The Kier molecular flexibility index (Phi) is 31.4. The molecule has 0 unspecified atom stereocenters. The van der Waals surface area contributed by atoms with Crippen molar-refractivity contribution in [2.45, 2.75) is 81.1 Å². The summed E-state index contributed by atoms with van der Waals surface area (Å²) in [6, 6.07) is 0. The second kappa shape index (κ2) is 24.1. The molecule has 0 aromatic carbocycles. The zero-order chi connectivity index (χ0) is 23.4. The van der Waals surface area contributed by atoms with Crippen LogP contribution in [0, 0.1) is 0 Å². The van der Waals surface area contributed by atoms with Gasteiger partial charge in [-0.1, -0.05) is 0 Å². The van der Waals surface area contributed by atoms with Gasteiger partial charge in [0.05, 0.1) is 25.7 Å². The van der Waals surface area contributed by atoms with E-state index in [2.05, 4.69) is 0 Å². The molecule has 29 heavy (non-hydrogen) atoms. The Hall–Kier alpha value is -1.93. The fourth-order valence-electron chi connectivity index (χ4n) is 1.40. The molecule has 0 rings (SSSR count). The molecule has 0 saturated carbocycles. The summed E-state index contributed by atoms with van der Waals surface area (Å²) in [5, 5.41) is 0. The molecule has 9 heteroatoms. The Balaban J connectivity index is -0.0000000873. The summed E-state index contributed by atoms with van der Waals surface area (Å²) in [5.74, 6) is -0.500. The van der Waals surface area contributed by atoms with Crippen molar-refractivity contribution < 1.29 is 60.1 Å². The van der Waals surface area contributed by atoms with Crippen molar-refractivity contribution in [3.63, 3.8) is 0 Å². The number of hydrogen-bond donors (Lipinski definition) is 0. The molecular weight excluding hydrogens is 416 g/mol. The Labute approximate surface area is 187 Å². The summed E-state index contributed by atoms with van der Waals surface area (Å²) in [6.07, 6.45) is 0.333. The first-order valence-electron chi connectivity index (χ1n) is 8.46. The van der Waals surface area contributed by atoms with E-state index >= 15 is 0 Å². The molecule has 0 aromatic heterocycles. The van der Waals surface area contributed by atoms with Crippen LogP contribution < -0.4 is 0 Å². The first-order valence-corrected chi connectivity index (χ1v) is 8.46. The molecule has 0 atom stereocenters. The van der Waals surface area contributed by atoms with Crippen LogP contribution in [0.5, 0.6) is 0 Å². The van der Waals surface area contributed by atoms with Gasteiger partial charge >= 0.3 is 0 Å². The third kappa shape index (κ3) is 76.3. The zero-order valence-corrected chi connectivity index (χ0v) is 20.2. The van der Waals surface area contributed by atoms with Crippen LogP contribution >= 0.6 is 0 Å². The fourth-order valence-corrected chi connectivity index (χ4v) is 1.40. The van der Waals surface area contributed by atoms with Crippen LogP contribution in [0.15, 0.2) is 0 Å². The predicted octanol–water partition coefficient (Wildman–Crippen LogP) is 2.22. The van der Waals surface area contributed by atoms with E-state index in [4.69, 9.17) is 0 Å². The minimum atomic E-state index is -0.0625. The minimum absolute atomic E-state index is 0. The number of carbonyl (C=O) groups is 8. The van der Waals surface area contributed by atoms with E-state index in [1.807, 2.05) is 0 Å². The van der Waals surface area contributed by atoms with E-state index in [1.54, 1.807) is 0 Å². The van der Waals surface area contributed by atoms with E-state index in [1.165, 1.54) is 55.4 Å². The molecule has 0 radical (unpaired) electrons. The van der Waals surface area contributed by atoms with E-state index in [9.17, 15) is 38.4 Å². The van der Waals surface area contributed by atoms with Crippen LogP contribution in [-0.2, 0) is 60.1 Å². The van der Waals surface area contributed by atoms with Crippen molar-refractivity contribution >= 4 is 46.3 Å². The summed E-state index contributed by atoms with van der Waals surface area (Å²) in [6.45, 7) is 11.2. The van der Waals surface area contributed by atoms with Gasteiger partial charge < -0.3 is 0 Å². The van der Waals surface area contributed by atoms with Gasteiger partial charge in [0.2, 0.25) is 0 Å². The molecular formula is C20H32O8Ti. The smallest absolute Gasteiger partial charge is 0.137 e. The number of hydrogen-bond acceptors (Lipinski definition) is 8. The van der Waals surface area contributed by atoms with Gasteiger partial charge in [-0.2, -0.15) is 0 Å². The van der Waals surface area contributed by atoms with Crippen molar-refractivity contribution in [1.82, 2.24) is 0 Å². The Morgan fingerprint density at radius 1 is 0.310 bits per heavy atom. The van der Waals surface area contributed by atoms with Crippen molar-refractivity contribution in [1.29, 1.82) is 0 Å². The molecule has 0 amide bonds. The zero-order valence-electron chi connectivity index (χ0n) is 18.6. The first kappa shape index (κ1) is 37.8. The van der Waals surface area contributed by atoms with E-state index in [0.717, 1.165) is 0 Å². The van der Waals surface area contributed by atoms with Crippen molar-refractivity contribution in [3.05, 3.63) is 0 Å². The Morgan fingerprint density at radius 3 is 0.379 bits per heavy atom. The Morgan fingerprint density at radius 2 is 0.379 bits per heavy atom. The summed E-state index contributed by atoms with van der Waals surface area (Å²) >= 11 is 0. The summed E-state index contributed by atoms with van der Waals surface area (Å²) in [7, 11) is 0. The van der Waals surface area contributed by atoms with E-state index in [0.29, 0.717) is 0 Å². The van der Waals surface area contributed by atoms with Crippen LogP contribution in [0.4, 0.5) is 0 Å². The number of rotatable bonds is 8. The average Bonchev–Trinajstić information content (AvgIpc) is 2.32. The van der Waals surface area contributed by atoms with Gasteiger partial charge in [0.1, 0.15) is 46.3 Å². The fraction of sp³-hybridized carbons (Fsp3) is 0.600. The quantitative estimate of drug-likeness (QED) is 0.407. The molecule has 8 nitrogen and oxygen atoms in total. The molecule has 0 N–H and O–H groups in total. The third-order valence-electron chi connectivity index (χ3n) is 1.99. The molecule has 0 spiro atoms. The van der Waals surface area contributed by atoms with Gasteiger partial charge in [-0.3, -0.25) is 38.4 Å². The number of carbonyl (C=O) groups excluding carboxylic acids is 8. The second-order valence-electron chi connectivity index (χ2n) is 6.32. The van der Waals surface area contributed by atoms with Gasteiger partial charge in [0.25, 0.3) is 0 Å².